The lowest BCUT2D eigenvalue weighted by Crippen LogP contribution is -2.50. The van der Waals surface area contributed by atoms with Crippen LogP contribution in [0, 0.1) is 0 Å². The van der Waals surface area contributed by atoms with Gasteiger partial charge in [-0.3, -0.25) is 9.59 Å². The van der Waals surface area contributed by atoms with Crippen molar-refractivity contribution in [2.24, 2.45) is 0 Å². The Bertz CT molecular complexity index is 1250. The van der Waals surface area contributed by atoms with E-state index in [9.17, 15) is 18.0 Å². The van der Waals surface area contributed by atoms with Gasteiger partial charge < -0.3 is 9.64 Å². The Morgan fingerprint density at radius 3 is 2.18 bits per heavy atom. The summed E-state index contributed by atoms with van der Waals surface area (Å²) in [6.45, 7) is 1.27. The summed E-state index contributed by atoms with van der Waals surface area (Å²) < 4.78 is 33.7. The molecule has 4 rings (SSSR count). The zero-order chi connectivity index (χ0) is 23.3. The van der Waals surface area contributed by atoms with Crippen LogP contribution in [0.3, 0.4) is 0 Å². The number of amides is 1. The minimum Gasteiger partial charge on any atom is -0.492 e. The molecular formula is C23H24N4O5S. The molecule has 33 heavy (non-hydrogen) atoms. The van der Waals surface area contributed by atoms with Gasteiger partial charge in [0.1, 0.15) is 18.1 Å². The highest BCUT2D eigenvalue weighted by Crippen LogP contribution is 2.18. The van der Waals surface area contributed by atoms with Crippen LogP contribution in [0.5, 0.6) is 5.75 Å². The smallest absolute Gasteiger partial charge is 0.274 e. The maximum atomic E-state index is 12.9. The van der Waals surface area contributed by atoms with Gasteiger partial charge in [0.15, 0.2) is 0 Å². The second-order valence-corrected chi connectivity index (χ2v) is 9.39. The molecule has 172 valence electrons. The van der Waals surface area contributed by atoms with E-state index in [0.717, 1.165) is 0 Å². The van der Waals surface area contributed by atoms with E-state index < -0.39 is 10.0 Å². The van der Waals surface area contributed by atoms with Crippen LogP contribution in [0.2, 0.25) is 0 Å². The first-order chi connectivity index (χ1) is 15.9. The Kier molecular flexibility index (Phi) is 6.85. The van der Waals surface area contributed by atoms with Gasteiger partial charge in [-0.05, 0) is 30.3 Å². The predicted octanol–water partition coefficient (Wildman–Crippen LogP) is 1.47. The summed E-state index contributed by atoms with van der Waals surface area (Å²) in [6, 6.07) is 20.1. The first kappa shape index (κ1) is 22.7. The van der Waals surface area contributed by atoms with E-state index in [4.69, 9.17) is 4.74 Å². The molecule has 0 aliphatic carbocycles. The lowest BCUT2D eigenvalue weighted by Gasteiger charge is -2.33. The fourth-order valence-corrected chi connectivity index (χ4v) is 4.97. The van der Waals surface area contributed by atoms with E-state index in [2.05, 4.69) is 5.10 Å². The maximum Gasteiger partial charge on any atom is 0.274 e. The number of sulfonamides is 1. The van der Waals surface area contributed by atoms with E-state index in [1.165, 1.54) is 21.1 Å². The van der Waals surface area contributed by atoms with Crippen molar-refractivity contribution in [1.29, 1.82) is 0 Å². The van der Waals surface area contributed by atoms with Crippen LogP contribution in [-0.4, -0.2) is 66.1 Å². The van der Waals surface area contributed by atoms with E-state index in [1.54, 1.807) is 35.2 Å². The third-order valence-electron chi connectivity index (χ3n) is 5.31. The summed E-state index contributed by atoms with van der Waals surface area (Å²) in [5, 5.41) is 4.20. The highest BCUT2D eigenvalue weighted by Gasteiger charge is 2.30. The zero-order valence-electron chi connectivity index (χ0n) is 17.9. The number of carbonyl (C=O) groups excluding carboxylic acids is 1. The second-order valence-electron chi connectivity index (χ2n) is 7.45. The predicted molar refractivity (Wildman–Crippen MR) is 122 cm³/mol. The summed E-state index contributed by atoms with van der Waals surface area (Å²) >= 11 is 0. The van der Waals surface area contributed by atoms with Crippen molar-refractivity contribution in [1.82, 2.24) is 19.0 Å². The maximum absolute atomic E-state index is 12.9. The van der Waals surface area contributed by atoms with Gasteiger partial charge in [0, 0.05) is 32.2 Å². The molecule has 1 aromatic heterocycles. The number of ether oxygens (including phenoxy) is 1. The van der Waals surface area contributed by atoms with Crippen molar-refractivity contribution in [3.05, 3.63) is 88.8 Å². The summed E-state index contributed by atoms with van der Waals surface area (Å²) in [5.41, 5.74) is -0.198. The van der Waals surface area contributed by atoms with Gasteiger partial charge in [-0.15, -0.1) is 0 Å². The molecule has 1 aliphatic heterocycles. The fourth-order valence-electron chi connectivity index (χ4n) is 3.52. The van der Waals surface area contributed by atoms with Crippen LogP contribution < -0.4 is 10.3 Å². The number of nitrogens with zero attached hydrogens (tertiary/aromatic N) is 4. The number of para-hydroxylation sites is 1. The van der Waals surface area contributed by atoms with Gasteiger partial charge in [0.2, 0.25) is 10.0 Å². The SMILES string of the molecule is O=C(c1ccc(=O)n(CCOc2ccccc2)n1)N1CCN(S(=O)(=O)c2ccccc2)CC1. The van der Waals surface area contributed by atoms with Crippen molar-refractivity contribution in [2.75, 3.05) is 32.8 Å². The van der Waals surface area contributed by atoms with E-state index >= 15 is 0 Å². The van der Waals surface area contributed by atoms with E-state index in [1.807, 2.05) is 30.3 Å². The number of rotatable bonds is 7. The van der Waals surface area contributed by atoms with Crippen LogP contribution in [0.1, 0.15) is 10.5 Å². The Hall–Kier alpha value is -3.50. The summed E-state index contributed by atoms with van der Waals surface area (Å²) in [7, 11) is -3.60. The average Bonchev–Trinajstić information content (AvgIpc) is 2.86. The normalized spacial score (nSPS) is 14.7. The minimum absolute atomic E-state index is 0.133. The minimum atomic E-state index is -3.60. The van der Waals surface area contributed by atoms with Crippen molar-refractivity contribution in [2.45, 2.75) is 11.4 Å². The Morgan fingerprint density at radius 1 is 0.879 bits per heavy atom. The van der Waals surface area contributed by atoms with Gasteiger partial charge in [-0.1, -0.05) is 36.4 Å². The molecule has 0 radical (unpaired) electrons. The molecule has 0 unspecified atom stereocenters. The number of carbonyl (C=O) groups is 1. The molecule has 0 N–H and O–H groups in total. The number of benzene rings is 2. The topological polar surface area (TPSA) is 102 Å². The number of hydrogen-bond acceptors (Lipinski definition) is 6. The molecule has 3 aromatic rings. The lowest BCUT2D eigenvalue weighted by atomic mass is 10.3. The summed E-state index contributed by atoms with van der Waals surface area (Å²) in [6.07, 6.45) is 0. The molecule has 10 heteroatoms. The van der Waals surface area contributed by atoms with Crippen molar-refractivity contribution < 1.29 is 17.9 Å². The fraction of sp³-hybridized carbons (Fsp3) is 0.261. The third-order valence-corrected chi connectivity index (χ3v) is 7.22. The van der Waals surface area contributed by atoms with Crippen LogP contribution in [0.15, 0.2) is 82.5 Å². The first-order valence-corrected chi connectivity index (χ1v) is 12.0. The number of piperazine rings is 1. The number of hydrogen-bond donors (Lipinski definition) is 0. The van der Waals surface area contributed by atoms with Crippen LogP contribution >= 0.6 is 0 Å². The van der Waals surface area contributed by atoms with Crippen molar-refractivity contribution in [3.8, 4) is 5.75 Å². The highest BCUT2D eigenvalue weighted by atomic mass is 32.2. The zero-order valence-corrected chi connectivity index (χ0v) is 18.7. The van der Waals surface area contributed by atoms with Gasteiger partial charge >= 0.3 is 0 Å². The van der Waals surface area contributed by atoms with Crippen molar-refractivity contribution in [3.63, 3.8) is 0 Å². The van der Waals surface area contributed by atoms with Gasteiger partial charge in [0.25, 0.3) is 11.5 Å². The Balaban J connectivity index is 1.37. The quantitative estimate of drug-likeness (QED) is 0.520. The molecule has 2 heterocycles. The van der Waals surface area contributed by atoms with E-state index in [-0.39, 0.29) is 61.4 Å². The van der Waals surface area contributed by atoms with Crippen LogP contribution in [-0.2, 0) is 16.6 Å². The largest absolute Gasteiger partial charge is 0.492 e. The summed E-state index contributed by atoms with van der Waals surface area (Å²) in [4.78, 5) is 26.9. The molecule has 0 spiro atoms. The Morgan fingerprint density at radius 2 is 1.52 bits per heavy atom. The Labute approximate surface area is 191 Å². The summed E-state index contributed by atoms with van der Waals surface area (Å²) in [5.74, 6) is 0.339. The standard InChI is InChI=1S/C23H24N4O5S/c28-22-12-11-21(24-27(22)17-18-32-19-7-3-1-4-8-19)23(29)25-13-15-26(16-14-25)33(30,31)20-9-5-2-6-10-20/h1-12H,13-18H2. The van der Waals surface area contributed by atoms with Gasteiger partial charge in [-0.2, -0.15) is 9.40 Å². The molecule has 2 aromatic carbocycles. The van der Waals surface area contributed by atoms with Crippen LogP contribution in [0.4, 0.5) is 0 Å². The third kappa shape index (κ3) is 5.29. The highest BCUT2D eigenvalue weighted by molar-refractivity contribution is 7.89. The van der Waals surface area contributed by atoms with Crippen molar-refractivity contribution >= 4 is 15.9 Å². The lowest BCUT2D eigenvalue weighted by molar-refractivity contribution is 0.0688. The molecular weight excluding hydrogens is 444 g/mol. The molecule has 0 bridgehead atoms. The molecule has 9 nitrogen and oxygen atoms in total. The molecule has 0 saturated carbocycles. The number of aromatic nitrogens is 2. The van der Waals surface area contributed by atoms with Gasteiger partial charge in [-0.25, -0.2) is 13.1 Å². The molecule has 1 amide bonds. The molecule has 1 fully saturated rings. The molecule has 1 saturated heterocycles. The first-order valence-electron chi connectivity index (χ1n) is 10.6. The van der Waals surface area contributed by atoms with Gasteiger partial charge in [0.05, 0.1) is 11.4 Å². The molecule has 0 atom stereocenters. The van der Waals surface area contributed by atoms with E-state index in [0.29, 0.717) is 5.75 Å². The monoisotopic (exact) mass is 468 g/mol. The second kappa shape index (κ2) is 9.97. The molecule has 1 aliphatic rings. The van der Waals surface area contributed by atoms with Crippen LogP contribution in [0.25, 0.3) is 0 Å². The average molecular weight is 469 g/mol.